The van der Waals surface area contributed by atoms with Gasteiger partial charge in [0.1, 0.15) is 12.9 Å². The van der Waals surface area contributed by atoms with E-state index in [1.807, 2.05) is 18.2 Å². The van der Waals surface area contributed by atoms with Crippen molar-refractivity contribution >= 4 is 17.6 Å². The summed E-state index contributed by atoms with van der Waals surface area (Å²) < 4.78 is 6.31. The smallest absolute Gasteiger partial charge is 0.328 e. The summed E-state index contributed by atoms with van der Waals surface area (Å²) in [7, 11) is 0. The van der Waals surface area contributed by atoms with Gasteiger partial charge >= 0.3 is 5.97 Å². The number of aromatic nitrogens is 4. The second-order valence-electron chi connectivity index (χ2n) is 5.47. The van der Waals surface area contributed by atoms with Crippen molar-refractivity contribution in [2.45, 2.75) is 38.8 Å². The quantitative estimate of drug-likeness (QED) is 0.817. The van der Waals surface area contributed by atoms with Crippen molar-refractivity contribution in [2.75, 3.05) is 5.32 Å². The number of rotatable bonds is 5. The van der Waals surface area contributed by atoms with E-state index in [1.54, 1.807) is 0 Å². The number of esters is 1. The minimum Gasteiger partial charge on any atom is -0.451 e. The lowest BCUT2D eigenvalue weighted by Crippen LogP contribution is -2.31. The Labute approximate surface area is 132 Å². The number of hydrogen-bond donors (Lipinski definition) is 1. The lowest BCUT2D eigenvalue weighted by atomic mass is 10.1. The first-order chi connectivity index (χ1) is 11.1. The lowest BCUT2D eigenvalue weighted by molar-refractivity contribution is -0.153. The molecule has 1 aromatic carbocycles. The van der Waals surface area contributed by atoms with Crippen LogP contribution in [0.3, 0.4) is 0 Å². The number of benzene rings is 1. The normalized spacial score (nSPS) is 14.1. The fourth-order valence-electron chi connectivity index (χ4n) is 2.57. The van der Waals surface area contributed by atoms with Crippen LogP contribution in [0.15, 0.2) is 24.5 Å². The molecule has 23 heavy (non-hydrogen) atoms. The fraction of sp³-hybridized carbons (Fsp3) is 0.400. The van der Waals surface area contributed by atoms with Crippen LogP contribution in [0.1, 0.15) is 24.5 Å². The molecule has 1 aliphatic carbocycles. The van der Waals surface area contributed by atoms with E-state index < -0.39 is 12.1 Å². The van der Waals surface area contributed by atoms with Crippen LogP contribution in [-0.4, -0.2) is 38.2 Å². The Morgan fingerprint density at radius 2 is 2.17 bits per heavy atom. The Kier molecular flexibility index (Phi) is 4.31. The summed E-state index contributed by atoms with van der Waals surface area (Å²) in [6.45, 7) is 1.39. The highest BCUT2D eigenvalue weighted by molar-refractivity contribution is 5.95. The Bertz CT molecular complexity index is 714. The van der Waals surface area contributed by atoms with Crippen LogP contribution in [0.5, 0.6) is 0 Å². The van der Waals surface area contributed by atoms with Crippen LogP contribution in [0.4, 0.5) is 5.69 Å². The third-order valence-corrected chi connectivity index (χ3v) is 3.73. The maximum atomic E-state index is 12.1. The first kappa shape index (κ1) is 15.1. The van der Waals surface area contributed by atoms with Crippen LogP contribution < -0.4 is 5.32 Å². The van der Waals surface area contributed by atoms with Crippen molar-refractivity contribution in [1.82, 2.24) is 20.2 Å². The molecule has 1 aromatic heterocycles. The minimum atomic E-state index is -0.896. The molecular weight excluding hydrogens is 298 g/mol. The number of nitrogens with zero attached hydrogens (tertiary/aromatic N) is 4. The van der Waals surface area contributed by atoms with Gasteiger partial charge in [0.25, 0.3) is 5.91 Å². The molecule has 1 aliphatic rings. The highest BCUT2D eigenvalue weighted by atomic mass is 16.5. The molecule has 0 unspecified atom stereocenters. The predicted octanol–water partition coefficient (Wildman–Crippen LogP) is 0.732. The molecular formula is C15H17N5O3. The van der Waals surface area contributed by atoms with Gasteiger partial charge in [0.2, 0.25) is 0 Å². The monoisotopic (exact) mass is 315 g/mol. The van der Waals surface area contributed by atoms with E-state index in [9.17, 15) is 9.59 Å². The van der Waals surface area contributed by atoms with Crippen LogP contribution in [-0.2, 0) is 33.7 Å². The average Bonchev–Trinajstić information content (AvgIpc) is 3.17. The Balaban J connectivity index is 1.54. The maximum Gasteiger partial charge on any atom is 0.328 e. The minimum absolute atomic E-state index is 0.135. The summed E-state index contributed by atoms with van der Waals surface area (Å²) >= 11 is 0. The fourth-order valence-corrected chi connectivity index (χ4v) is 2.57. The maximum absolute atomic E-state index is 12.1. The molecule has 8 nitrogen and oxygen atoms in total. The summed E-state index contributed by atoms with van der Waals surface area (Å²) in [5, 5.41) is 13.2. The van der Waals surface area contributed by atoms with E-state index >= 15 is 0 Å². The van der Waals surface area contributed by atoms with Crippen molar-refractivity contribution in [1.29, 1.82) is 0 Å². The second-order valence-corrected chi connectivity index (χ2v) is 5.47. The van der Waals surface area contributed by atoms with E-state index in [1.165, 1.54) is 29.1 Å². The zero-order chi connectivity index (χ0) is 16.2. The number of aryl methyl sites for hydroxylation is 2. The van der Waals surface area contributed by atoms with E-state index in [0.29, 0.717) is 0 Å². The van der Waals surface area contributed by atoms with Gasteiger partial charge in [-0.2, -0.15) is 0 Å². The van der Waals surface area contributed by atoms with E-state index in [0.717, 1.165) is 24.9 Å². The molecule has 120 valence electrons. The zero-order valence-electron chi connectivity index (χ0n) is 12.7. The highest BCUT2D eigenvalue weighted by Crippen LogP contribution is 2.24. The molecule has 0 fully saturated rings. The average molecular weight is 315 g/mol. The molecule has 0 saturated heterocycles. The number of amides is 1. The highest BCUT2D eigenvalue weighted by Gasteiger charge is 2.19. The van der Waals surface area contributed by atoms with Gasteiger partial charge in [-0.25, -0.2) is 4.68 Å². The molecule has 3 rings (SSSR count). The summed E-state index contributed by atoms with van der Waals surface area (Å²) in [5.41, 5.74) is 3.33. The van der Waals surface area contributed by atoms with Crippen molar-refractivity contribution in [3.8, 4) is 0 Å². The summed E-state index contributed by atoms with van der Waals surface area (Å²) in [6, 6.07) is 5.89. The SMILES string of the molecule is C[C@H](OC(=O)Cn1cnnn1)C(=O)Nc1ccc2c(c1)CCC2. The third-order valence-electron chi connectivity index (χ3n) is 3.73. The first-order valence-corrected chi connectivity index (χ1v) is 7.45. The van der Waals surface area contributed by atoms with Crippen molar-refractivity contribution < 1.29 is 14.3 Å². The van der Waals surface area contributed by atoms with Crippen LogP contribution >= 0.6 is 0 Å². The second kappa shape index (κ2) is 6.55. The van der Waals surface area contributed by atoms with Gasteiger partial charge in [0.15, 0.2) is 6.10 Å². The molecule has 1 N–H and O–H groups in total. The van der Waals surface area contributed by atoms with Crippen LogP contribution in [0, 0.1) is 0 Å². The lowest BCUT2D eigenvalue weighted by Gasteiger charge is -2.14. The van der Waals surface area contributed by atoms with Crippen molar-refractivity contribution in [2.24, 2.45) is 0 Å². The Morgan fingerprint density at radius 3 is 2.96 bits per heavy atom. The molecule has 8 heteroatoms. The van der Waals surface area contributed by atoms with Gasteiger partial charge in [0, 0.05) is 5.69 Å². The number of hydrogen-bond acceptors (Lipinski definition) is 6. The van der Waals surface area contributed by atoms with Crippen LogP contribution in [0.2, 0.25) is 0 Å². The van der Waals surface area contributed by atoms with Gasteiger partial charge in [-0.3, -0.25) is 9.59 Å². The number of tetrazole rings is 1. The number of fused-ring (bicyclic) bond motifs is 1. The number of ether oxygens (including phenoxy) is 1. The van der Waals surface area contributed by atoms with Crippen LogP contribution in [0.25, 0.3) is 0 Å². The number of carbonyl (C=O) groups excluding carboxylic acids is 2. The Morgan fingerprint density at radius 1 is 1.35 bits per heavy atom. The molecule has 0 aliphatic heterocycles. The van der Waals surface area contributed by atoms with Gasteiger partial charge in [-0.15, -0.1) is 5.10 Å². The van der Waals surface area contributed by atoms with E-state index in [4.69, 9.17) is 4.74 Å². The number of anilines is 1. The van der Waals surface area contributed by atoms with E-state index in [-0.39, 0.29) is 12.5 Å². The Hall–Kier alpha value is -2.77. The molecule has 0 radical (unpaired) electrons. The topological polar surface area (TPSA) is 99.0 Å². The standard InChI is InChI=1S/C15H17N5O3/c1-10(23-14(21)8-20-9-16-18-19-20)15(22)17-13-6-5-11-3-2-4-12(11)7-13/h5-7,9-10H,2-4,8H2,1H3,(H,17,22)/t10-/m0/s1. The van der Waals surface area contributed by atoms with E-state index in [2.05, 4.69) is 20.8 Å². The van der Waals surface area contributed by atoms with Gasteiger partial charge in [-0.1, -0.05) is 6.07 Å². The summed E-state index contributed by atoms with van der Waals surface area (Å²) in [6.07, 6.45) is 3.69. The molecule has 0 bridgehead atoms. The zero-order valence-corrected chi connectivity index (χ0v) is 12.7. The number of nitrogens with one attached hydrogen (secondary N) is 1. The molecule has 1 heterocycles. The molecule has 1 amide bonds. The first-order valence-electron chi connectivity index (χ1n) is 7.45. The van der Waals surface area contributed by atoms with Gasteiger partial charge in [-0.05, 0) is 59.9 Å². The number of carbonyl (C=O) groups is 2. The summed E-state index contributed by atoms with van der Waals surface area (Å²) in [5.74, 6) is -0.943. The van der Waals surface area contributed by atoms with Crippen molar-refractivity contribution in [3.63, 3.8) is 0 Å². The largest absolute Gasteiger partial charge is 0.451 e. The summed E-state index contributed by atoms with van der Waals surface area (Å²) in [4.78, 5) is 23.8. The predicted molar refractivity (Wildman–Crippen MR) is 80.5 cm³/mol. The van der Waals surface area contributed by atoms with Gasteiger partial charge < -0.3 is 10.1 Å². The third kappa shape index (κ3) is 3.71. The molecule has 2 aromatic rings. The molecule has 1 atom stereocenters. The molecule has 0 spiro atoms. The van der Waals surface area contributed by atoms with Crippen molar-refractivity contribution in [3.05, 3.63) is 35.7 Å². The molecule has 0 saturated carbocycles. The van der Waals surface area contributed by atoms with Gasteiger partial charge in [0.05, 0.1) is 0 Å².